The van der Waals surface area contributed by atoms with Crippen molar-refractivity contribution in [1.82, 2.24) is 10.9 Å². The lowest BCUT2D eigenvalue weighted by Gasteiger charge is -2.29. The fraction of sp³-hybridized carbons (Fsp3) is 0.938. The Morgan fingerprint density at radius 1 is 1.25 bits per heavy atom. The Morgan fingerprint density at radius 2 is 1.75 bits per heavy atom. The van der Waals surface area contributed by atoms with Gasteiger partial charge in [-0.1, -0.05) is 20.8 Å². The van der Waals surface area contributed by atoms with Gasteiger partial charge in [-0.15, -0.1) is 0 Å². The molecule has 1 aliphatic rings. The minimum atomic E-state index is 0.527. The Morgan fingerprint density at radius 3 is 2.10 bits per heavy atom. The average Bonchev–Trinajstić information content (AvgIpc) is 2.50. The number of nitrogens with one attached hydrogen (secondary N) is 2. The van der Waals surface area contributed by atoms with Gasteiger partial charge >= 0.3 is 0 Å². The van der Waals surface area contributed by atoms with E-state index >= 15 is 0 Å². The molecule has 0 aromatic carbocycles. The highest BCUT2D eigenvalue weighted by molar-refractivity contribution is 5.48. The van der Waals surface area contributed by atoms with Gasteiger partial charge in [0.1, 0.15) is 6.29 Å². The first kappa shape index (κ1) is 21.8. The molecule has 1 saturated carbocycles. The standard InChI is InChI=1S/C11H24N2O.C3H6O.C2H6/c1-9(13-12-2)8-10-4-6-11(14-3)7-5-10;1-2-3-4;1-2/h9-13H,4-8H2,1-3H3;3H,2H2,1H3;1-2H3. The van der Waals surface area contributed by atoms with Gasteiger partial charge in [0.15, 0.2) is 0 Å². The molecule has 0 bridgehead atoms. The van der Waals surface area contributed by atoms with Gasteiger partial charge in [-0.2, -0.15) is 0 Å². The molecule has 1 rings (SSSR count). The van der Waals surface area contributed by atoms with Crippen LogP contribution in [0.2, 0.25) is 0 Å². The molecule has 1 atom stereocenters. The molecule has 0 amide bonds. The third kappa shape index (κ3) is 12.6. The smallest absolute Gasteiger partial charge is 0.119 e. The van der Waals surface area contributed by atoms with E-state index in [4.69, 9.17) is 4.74 Å². The zero-order valence-corrected chi connectivity index (χ0v) is 14.4. The fourth-order valence-corrected chi connectivity index (χ4v) is 2.41. The molecule has 20 heavy (non-hydrogen) atoms. The van der Waals surface area contributed by atoms with Gasteiger partial charge < -0.3 is 9.53 Å². The Kier molecular flexibility index (Phi) is 18.1. The highest BCUT2D eigenvalue weighted by atomic mass is 16.5. The molecule has 4 heteroatoms. The van der Waals surface area contributed by atoms with E-state index < -0.39 is 0 Å². The summed E-state index contributed by atoms with van der Waals surface area (Å²) in [6, 6.07) is 0.573. The van der Waals surface area contributed by atoms with E-state index in [1.165, 1.54) is 32.1 Å². The van der Waals surface area contributed by atoms with Crippen molar-refractivity contribution in [3.8, 4) is 0 Å². The van der Waals surface area contributed by atoms with Crippen molar-refractivity contribution in [3.05, 3.63) is 0 Å². The number of carbonyl (C=O) groups is 1. The average molecular weight is 288 g/mol. The van der Waals surface area contributed by atoms with Crippen LogP contribution >= 0.6 is 0 Å². The van der Waals surface area contributed by atoms with Crippen LogP contribution in [0.1, 0.15) is 66.2 Å². The Bertz CT molecular complexity index is 193. The monoisotopic (exact) mass is 288 g/mol. The predicted molar refractivity (Wildman–Crippen MR) is 86.7 cm³/mol. The maximum absolute atomic E-state index is 9.17. The Hall–Kier alpha value is -0.450. The molecule has 0 aromatic rings. The van der Waals surface area contributed by atoms with Gasteiger partial charge in [-0.25, -0.2) is 0 Å². The SMILES string of the molecule is CC.CCC=O.CNNC(C)CC1CCC(OC)CC1. The summed E-state index contributed by atoms with van der Waals surface area (Å²) < 4.78 is 5.36. The van der Waals surface area contributed by atoms with E-state index in [9.17, 15) is 4.79 Å². The van der Waals surface area contributed by atoms with Gasteiger partial charge in [0.25, 0.3) is 0 Å². The lowest BCUT2D eigenvalue weighted by Crippen LogP contribution is -2.38. The number of ether oxygens (including phenoxy) is 1. The fourth-order valence-electron chi connectivity index (χ4n) is 2.41. The minimum Gasteiger partial charge on any atom is -0.381 e. The van der Waals surface area contributed by atoms with Crippen molar-refractivity contribution in [2.45, 2.75) is 78.4 Å². The molecule has 0 saturated heterocycles. The number of aldehydes is 1. The first-order valence-corrected chi connectivity index (χ1v) is 8.06. The molecule has 0 aromatic heterocycles. The lowest BCUT2D eigenvalue weighted by atomic mass is 9.84. The van der Waals surface area contributed by atoms with Crippen molar-refractivity contribution < 1.29 is 9.53 Å². The third-order valence-electron chi connectivity index (χ3n) is 3.37. The zero-order chi connectivity index (χ0) is 15.8. The van der Waals surface area contributed by atoms with Crippen LogP contribution in [-0.4, -0.2) is 32.6 Å². The Balaban J connectivity index is 0. The maximum Gasteiger partial charge on any atom is 0.119 e. The van der Waals surface area contributed by atoms with E-state index in [1.54, 1.807) is 0 Å². The van der Waals surface area contributed by atoms with E-state index in [0.29, 0.717) is 18.6 Å². The summed E-state index contributed by atoms with van der Waals surface area (Å²) in [5, 5.41) is 0. The van der Waals surface area contributed by atoms with Crippen molar-refractivity contribution in [1.29, 1.82) is 0 Å². The summed E-state index contributed by atoms with van der Waals surface area (Å²) in [7, 11) is 3.76. The second-order valence-electron chi connectivity index (χ2n) is 4.98. The normalized spacial score (nSPS) is 22.7. The van der Waals surface area contributed by atoms with E-state index in [0.717, 1.165) is 12.2 Å². The molecule has 1 unspecified atom stereocenters. The van der Waals surface area contributed by atoms with Crippen LogP contribution < -0.4 is 10.9 Å². The van der Waals surface area contributed by atoms with Crippen LogP contribution in [0.15, 0.2) is 0 Å². The van der Waals surface area contributed by atoms with Gasteiger partial charge in [0, 0.05) is 19.6 Å². The lowest BCUT2D eigenvalue weighted by molar-refractivity contribution is -0.107. The van der Waals surface area contributed by atoms with Gasteiger partial charge in [-0.3, -0.25) is 10.9 Å². The molecular weight excluding hydrogens is 252 g/mol. The molecule has 4 nitrogen and oxygen atoms in total. The highest BCUT2D eigenvalue weighted by Gasteiger charge is 2.21. The second-order valence-corrected chi connectivity index (χ2v) is 4.98. The summed E-state index contributed by atoms with van der Waals surface area (Å²) in [4.78, 5) is 9.17. The first-order chi connectivity index (χ1) is 9.67. The minimum absolute atomic E-state index is 0.527. The summed E-state index contributed by atoms with van der Waals surface area (Å²) >= 11 is 0. The molecule has 0 heterocycles. The van der Waals surface area contributed by atoms with E-state index in [-0.39, 0.29) is 0 Å². The molecule has 0 radical (unpaired) electrons. The number of rotatable bonds is 6. The molecular formula is C16H36N2O2. The first-order valence-electron chi connectivity index (χ1n) is 8.06. The molecule has 0 aliphatic heterocycles. The van der Waals surface area contributed by atoms with Crippen molar-refractivity contribution in [3.63, 3.8) is 0 Å². The van der Waals surface area contributed by atoms with Crippen LogP contribution in [0, 0.1) is 5.92 Å². The van der Waals surface area contributed by atoms with Crippen molar-refractivity contribution in [2.75, 3.05) is 14.2 Å². The number of hydrogen-bond donors (Lipinski definition) is 2. The zero-order valence-electron chi connectivity index (χ0n) is 14.4. The van der Waals surface area contributed by atoms with E-state index in [1.807, 2.05) is 34.9 Å². The van der Waals surface area contributed by atoms with Gasteiger partial charge in [0.2, 0.25) is 0 Å². The quantitative estimate of drug-likeness (QED) is 0.581. The van der Waals surface area contributed by atoms with Crippen LogP contribution in [0.5, 0.6) is 0 Å². The molecule has 122 valence electrons. The topological polar surface area (TPSA) is 50.4 Å². The van der Waals surface area contributed by atoms with Crippen LogP contribution in [0.3, 0.4) is 0 Å². The maximum atomic E-state index is 9.17. The molecule has 2 N–H and O–H groups in total. The second kappa shape index (κ2) is 16.6. The Labute approximate surface area is 126 Å². The van der Waals surface area contributed by atoms with Crippen LogP contribution in [0.25, 0.3) is 0 Å². The van der Waals surface area contributed by atoms with Crippen molar-refractivity contribution in [2.24, 2.45) is 5.92 Å². The number of hydrazine groups is 1. The van der Waals surface area contributed by atoms with E-state index in [2.05, 4.69) is 17.8 Å². The molecule has 0 spiro atoms. The van der Waals surface area contributed by atoms with Gasteiger partial charge in [0.05, 0.1) is 6.10 Å². The van der Waals surface area contributed by atoms with Crippen LogP contribution in [-0.2, 0) is 9.53 Å². The number of hydrogen-bond acceptors (Lipinski definition) is 4. The van der Waals surface area contributed by atoms with Crippen LogP contribution in [0.4, 0.5) is 0 Å². The largest absolute Gasteiger partial charge is 0.381 e. The summed E-state index contributed by atoms with van der Waals surface area (Å²) in [6.45, 7) is 8.05. The van der Waals surface area contributed by atoms with Crippen molar-refractivity contribution >= 4 is 6.29 Å². The summed E-state index contributed by atoms with van der Waals surface area (Å²) in [5.41, 5.74) is 6.24. The number of methoxy groups -OCH3 is 1. The summed E-state index contributed by atoms with van der Waals surface area (Å²) in [5.74, 6) is 0.886. The molecule has 1 aliphatic carbocycles. The predicted octanol–water partition coefficient (Wildman–Crippen LogP) is 3.32. The molecule has 1 fully saturated rings. The van der Waals surface area contributed by atoms with Gasteiger partial charge in [-0.05, 0) is 52.0 Å². The third-order valence-corrected chi connectivity index (χ3v) is 3.37. The number of carbonyl (C=O) groups excluding carboxylic acids is 1. The summed E-state index contributed by atoms with van der Waals surface area (Å²) in [6.07, 6.45) is 8.46. The highest BCUT2D eigenvalue weighted by Crippen LogP contribution is 2.28.